The summed E-state index contributed by atoms with van der Waals surface area (Å²) in [7, 11) is 0. The molecular weight excluding hydrogens is 380 g/mol. The monoisotopic (exact) mass is 396 g/mol. The summed E-state index contributed by atoms with van der Waals surface area (Å²) in [5.41, 5.74) is 0.487. The maximum absolute atomic E-state index is 12.5. The van der Waals surface area contributed by atoms with Gasteiger partial charge in [-0.2, -0.15) is 11.3 Å². The number of nitrogens with one attached hydrogen (secondary N) is 1. The smallest absolute Gasteiger partial charge is 0.273 e. The molecule has 1 atom stereocenters. The summed E-state index contributed by atoms with van der Waals surface area (Å²) in [6.45, 7) is 0.0383. The number of aromatic nitrogens is 1. The van der Waals surface area contributed by atoms with E-state index in [0.29, 0.717) is 5.76 Å². The van der Waals surface area contributed by atoms with E-state index in [1.807, 2.05) is 64.7 Å². The molecule has 3 aromatic heterocycles. The van der Waals surface area contributed by atoms with Crippen LogP contribution in [-0.2, 0) is 5.60 Å². The van der Waals surface area contributed by atoms with Crippen molar-refractivity contribution in [2.24, 2.45) is 0 Å². The minimum absolute atomic E-state index is 0.0383. The van der Waals surface area contributed by atoms with Gasteiger partial charge in [-0.1, -0.05) is 41.6 Å². The Labute approximate surface area is 163 Å². The van der Waals surface area contributed by atoms with Crippen molar-refractivity contribution in [2.45, 2.75) is 5.60 Å². The summed E-state index contributed by atoms with van der Waals surface area (Å²) in [5, 5.41) is 23.6. The molecule has 0 radical (unpaired) electrons. The number of benzene rings is 1. The van der Waals surface area contributed by atoms with Crippen LogP contribution in [0.1, 0.15) is 20.9 Å². The van der Waals surface area contributed by atoms with Crippen molar-refractivity contribution < 1.29 is 14.4 Å². The van der Waals surface area contributed by atoms with E-state index in [-0.39, 0.29) is 12.2 Å². The zero-order valence-corrected chi connectivity index (χ0v) is 15.8. The number of thiophene rings is 2. The largest absolute Gasteiger partial charge is 0.378 e. The van der Waals surface area contributed by atoms with Crippen molar-refractivity contribution in [3.05, 3.63) is 86.9 Å². The molecule has 7 heteroatoms. The maximum Gasteiger partial charge on any atom is 0.273 e. The molecule has 1 aromatic carbocycles. The minimum Gasteiger partial charge on any atom is -0.378 e. The number of hydrogen-bond donors (Lipinski definition) is 2. The van der Waals surface area contributed by atoms with Crippen LogP contribution in [0.3, 0.4) is 0 Å². The van der Waals surface area contributed by atoms with Gasteiger partial charge in [0.2, 0.25) is 0 Å². The van der Waals surface area contributed by atoms with Crippen LogP contribution in [0.25, 0.3) is 11.3 Å². The lowest BCUT2D eigenvalue weighted by Crippen LogP contribution is -2.41. The number of nitrogens with zero attached hydrogens (tertiary/aromatic N) is 1. The quantitative estimate of drug-likeness (QED) is 0.514. The topological polar surface area (TPSA) is 75.4 Å². The Morgan fingerprint density at radius 3 is 2.70 bits per heavy atom. The molecule has 3 heterocycles. The van der Waals surface area contributed by atoms with Crippen molar-refractivity contribution in [2.75, 3.05) is 6.54 Å². The molecule has 0 fully saturated rings. The first-order valence-corrected chi connectivity index (χ1v) is 10.1. The predicted molar refractivity (Wildman–Crippen MR) is 106 cm³/mol. The van der Waals surface area contributed by atoms with Gasteiger partial charge in [0.15, 0.2) is 11.5 Å². The van der Waals surface area contributed by atoms with E-state index in [1.54, 1.807) is 6.07 Å². The lowest BCUT2D eigenvalue weighted by Gasteiger charge is -2.26. The van der Waals surface area contributed by atoms with Gasteiger partial charge in [-0.25, -0.2) is 0 Å². The highest BCUT2D eigenvalue weighted by molar-refractivity contribution is 7.10. The fourth-order valence-corrected chi connectivity index (χ4v) is 4.33. The number of amides is 1. The lowest BCUT2D eigenvalue weighted by atomic mass is 9.94. The van der Waals surface area contributed by atoms with Crippen molar-refractivity contribution in [1.29, 1.82) is 0 Å². The van der Waals surface area contributed by atoms with Gasteiger partial charge < -0.3 is 14.9 Å². The van der Waals surface area contributed by atoms with Gasteiger partial charge in [0.25, 0.3) is 5.91 Å². The highest BCUT2D eigenvalue weighted by atomic mass is 32.1. The summed E-state index contributed by atoms with van der Waals surface area (Å²) >= 11 is 2.95. The van der Waals surface area contributed by atoms with E-state index in [1.165, 1.54) is 22.7 Å². The first-order chi connectivity index (χ1) is 13.2. The number of carbonyl (C=O) groups is 1. The number of rotatable bonds is 6. The van der Waals surface area contributed by atoms with E-state index in [4.69, 9.17) is 4.52 Å². The molecule has 136 valence electrons. The van der Waals surface area contributed by atoms with Gasteiger partial charge in [0.05, 0.1) is 6.54 Å². The Balaban J connectivity index is 1.52. The van der Waals surface area contributed by atoms with Crippen molar-refractivity contribution in [3.8, 4) is 11.3 Å². The Kier molecular flexibility index (Phi) is 4.89. The first-order valence-electron chi connectivity index (χ1n) is 8.26. The Hall–Kier alpha value is -2.74. The molecule has 0 spiro atoms. The third-order valence-electron chi connectivity index (χ3n) is 4.23. The fraction of sp³-hybridized carbons (Fsp3) is 0.100. The van der Waals surface area contributed by atoms with Crippen molar-refractivity contribution >= 4 is 28.6 Å². The molecule has 4 rings (SSSR count). The molecule has 0 aliphatic heterocycles. The van der Waals surface area contributed by atoms with Crippen LogP contribution in [0.4, 0.5) is 0 Å². The number of hydrogen-bond acceptors (Lipinski definition) is 6. The van der Waals surface area contributed by atoms with Gasteiger partial charge >= 0.3 is 0 Å². The normalized spacial score (nSPS) is 13.2. The molecule has 0 aliphatic carbocycles. The Bertz CT molecular complexity index is 975. The highest BCUT2D eigenvalue weighted by Gasteiger charge is 2.34. The fourth-order valence-electron chi connectivity index (χ4n) is 2.76. The molecule has 4 aromatic rings. The van der Waals surface area contributed by atoms with E-state index in [2.05, 4.69) is 10.5 Å². The summed E-state index contributed by atoms with van der Waals surface area (Å²) in [4.78, 5) is 13.3. The van der Waals surface area contributed by atoms with Gasteiger partial charge in [-0.3, -0.25) is 4.79 Å². The summed E-state index contributed by atoms with van der Waals surface area (Å²) in [6.07, 6.45) is 0. The van der Waals surface area contributed by atoms with Crippen molar-refractivity contribution in [3.63, 3.8) is 0 Å². The molecule has 0 bridgehead atoms. The van der Waals surface area contributed by atoms with Crippen LogP contribution < -0.4 is 5.32 Å². The summed E-state index contributed by atoms with van der Waals surface area (Å²) in [6, 6.07) is 16.6. The lowest BCUT2D eigenvalue weighted by molar-refractivity contribution is 0.0716. The van der Waals surface area contributed by atoms with Crippen LogP contribution in [0.2, 0.25) is 0 Å². The molecular formula is C20H16N2O3S2. The number of aliphatic hydroxyl groups is 1. The number of carbonyl (C=O) groups excluding carboxylic acids is 1. The molecule has 27 heavy (non-hydrogen) atoms. The zero-order valence-electron chi connectivity index (χ0n) is 14.2. The van der Waals surface area contributed by atoms with E-state index < -0.39 is 11.5 Å². The second-order valence-corrected chi connectivity index (χ2v) is 7.70. The highest BCUT2D eigenvalue weighted by Crippen LogP contribution is 2.33. The van der Waals surface area contributed by atoms with E-state index in [9.17, 15) is 9.90 Å². The SMILES string of the molecule is O=C(NCC(O)(c1ccsc1)c1cccs1)c1cc(-c2ccccc2)on1. The Morgan fingerprint density at radius 1 is 1.15 bits per heavy atom. The van der Waals surface area contributed by atoms with Crippen molar-refractivity contribution in [1.82, 2.24) is 10.5 Å². The van der Waals surface area contributed by atoms with Crippen LogP contribution >= 0.6 is 22.7 Å². The van der Waals surface area contributed by atoms with Crippen LogP contribution in [-0.4, -0.2) is 22.7 Å². The van der Waals surface area contributed by atoms with Gasteiger partial charge in [0.1, 0.15) is 5.60 Å². The second-order valence-electron chi connectivity index (χ2n) is 5.97. The van der Waals surface area contributed by atoms with Gasteiger partial charge in [-0.05, 0) is 28.3 Å². The third-order valence-corrected chi connectivity index (χ3v) is 5.94. The molecule has 0 saturated heterocycles. The average Bonchev–Trinajstić information content (AvgIpc) is 3.48. The Morgan fingerprint density at radius 2 is 2.00 bits per heavy atom. The molecule has 2 N–H and O–H groups in total. The standard InChI is InChI=1S/C20H16N2O3S2/c23-19(16-11-17(25-22-16)14-5-2-1-3-6-14)21-13-20(24,15-8-10-26-12-15)18-7-4-9-27-18/h1-12,24H,13H2,(H,21,23). The minimum atomic E-state index is -1.28. The molecule has 1 unspecified atom stereocenters. The van der Waals surface area contributed by atoms with Gasteiger partial charge in [-0.15, -0.1) is 11.3 Å². The average molecular weight is 396 g/mol. The van der Waals surface area contributed by atoms with Gasteiger partial charge in [0, 0.05) is 22.1 Å². The summed E-state index contributed by atoms with van der Waals surface area (Å²) in [5.74, 6) is 0.123. The predicted octanol–water partition coefficient (Wildman–Crippen LogP) is 4.13. The molecule has 1 amide bonds. The summed E-state index contributed by atoms with van der Waals surface area (Å²) < 4.78 is 5.28. The third kappa shape index (κ3) is 3.57. The van der Waals surface area contributed by atoms with Crippen LogP contribution in [0.15, 0.2) is 75.3 Å². The molecule has 0 aliphatic rings. The molecule has 0 saturated carbocycles. The van der Waals surface area contributed by atoms with Crippen LogP contribution in [0, 0.1) is 0 Å². The molecule has 5 nitrogen and oxygen atoms in total. The zero-order chi connectivity index (χ0) is 18.7. The van der Waals surface area contributed by atoms with E-state index in [0.717, 1.165) is 16.0 Å². The van der Waals surface area contributed by atoms with Crippen LogP contribution in [0.5, 0.6) is 0 Å². The maximum atomic E-state index is 12.5. The second kappa shape index (κ2) is 7.48. The van der Waals surface area contributed by atoms with E-state index >= 15 is 0 Å². The first kappa shape index (κ1) is 17.7.